The maximum absolute atomic E-state index is 5.78. The first-order chi connectivity index (χ1) is 10.8. The molecule has 2 aromatic heterocycles. The van der Waals surface area contributed by atoms with Gasteiger partial charge in [0.1, 0.15) is 11.3 Å². The highest BCUT2D eigenvalue weighted by Crippen LogP contribution is 2.19. The third-order valence-electron chi connectivity index (χ3n) is 3.50. The normalized spacial score (nSPS) is 12.1. The molecule has 0 aliphatic rings. The van der Waals surface area contributed by atoms with Crippen LogP contribution in [0.2, 0.25) is 0 Å². The number of aromatic amines is 1. The molecule has 0 amide bonds. The lowest BCUT2D eigenvalue weighted by molar-refractivity contribution is 0.604. The second-order valence-corrected chi connectivity index (χ2v) is 5.06. The van der Waals surface area contributed by atoms with Crippen molar-refractivity contribution in [2.75, 3.05) is 5.43 Å². The fourth-order valence-electron chi connectivity index (χ4n) is 2.36. The number of rotatable bonds is 3. The number of hydrogen-bond acceptors (Lipinski definition) is 4. The summed E-state index contributed by atoms with van der Waals surface area (Å²) in [5, 5.41) is 5.40. The van der Waals surface area contributed by atoms with Gasteiger partial charge in [-0.15, -0.1) is 0 Å². The zero-order valence-electron chi connectivity index (χ0n) is 12.0. The molecule has 22 heavy (non-hydrogen) atoms. The molecule has 4 rings (SSSR count). The van der Waals surface area contributed by atoms with E-state index in [0.717, 1.165) is 33.5 Å². The van der Waals surface area contributed by atoms with E-state index >= 15 is 0 Å². The molecule has 0 saturated heterocycles. The van der Waals surface area contributed by atoms with Gasteiger partial charge in [0, 0.05) is 5.39 Å². The molecule has 2 aromatic carbocycles. The third-order valence-corrected chi connectivity index (χ3v) is 3.50. The monoisotopic (exact) mass is 290 g/mol. The van der Waals surface area contributed by atoms with Crippen molar-refractivity contribution >= 4 is 33.7 Å². The number of anilines is 1. The highest BCUT2D eigenvalue weighted by Gasteiger charge is 2.06. The Kier molecular flexibility index (Phi) is 2.89. The van der Waals surface area contributed by atoms with Crippen molar-refractivity contribution in [1.29, 1.82) is 0 Å². The topological polar surface area (TPSA) is 66.2 Å². The van der Waals surface area contributed by atoms with E-state index in [2.05, 4.69) is 20.5 Å². The van der Waals surface area contributed by atoms with Gasteiger partial charge >= 0.3 is 0 Å². The Balaban J connectivity index is 1.61. The van der Waals surface area contributed by atoms with Crippen LogP contribution in [0.1, 0.15) is 12.7 Å². The number of aromatic nitrogens is 2. The van der Waals surface area contributed by atoms with Crippen LogP contribution in [-0.2, 0) is 0 Å². The lowest BCUT2D eigenvalue weighted by atomic mass is 10.2. The number of H-pyrrole nitrogens is 1. The molecule has 0 radical (unpaired) electrons. The predicted octanol–water partition coefficient (Wildman–Crippen LogP) is 4.15. The molecule has 0 aliphatic carbocycles. The van der Waals surface area contributed by atoms with E-state index in [1.54, 1.807) is 0 Å². The summed E-state index contributed by atoms with van der Waals surface area (Å²) in [5.41, 5.74) is 6.43. The van der Waals surface area contributed by atoms with Crippen LogP contribution in [0.5, 0.6) is 0 Å². The maximum Gasteiger partial charge on any atom is 0.222 e. The second kappa shape index (κ2) is 5.04. The fourth-order valence-corrected chi connectivity index (χ4v) is 2.36. The standard InChI is InChI=1S/C17H14N4O/c1-11(16-10-12-6-2-5-9-15(12)22-16)20-21-17-18-13-7-3-4-8-14(13)19-17/h2-10H,1H3,(H2,18,19,21)/b20-11+. The summed E-state index contributed by atoms with van der Waals surface area (Å²) in [5.74, 6) is 1.35. The molecule has 0 aliphatic heterocycles. The average Bonchev–Trinajstić information content (AvgIpc) is 3.15. The molecule has 4 aromatic rings. The summed E-state index contributed by atoms with van der Waals surface area (Å²) < 4.78 is 5.78. The molecule has 2 N–H and O–H groups in total. The first-order valence-corrected chi connectivity index (χ1v) is 7.03. The number of imidazole rings is 1. The third kappa shape index (κ3) is 2.22. The predicted molar refractivity (Wildman–Crippen MR) is 88.1 cm³/mol. The highest BCUT2D eigenvalue weighted by molar-refractivity contribution is 6.00. The van der Waals surface area contributed by atoms with Crippen molar-refractivity contribution in [3.05, 3.63) is 60.4 Å². The van der Waals surface area contributed by atoms with Crippen molar-refractivity contribution in [3.63, 3.8) is 0 Å². The Labute approximate surface area is 126 Å². The Bertz CT molecular complexity index is 914. The molecule has 0 bridgehead atoms. The van der Waals surface area contributed by atoms with Gasteiger partial charge in [-0.3, -0.25) is 0 Å². The summed E-state index contributed by atoms with van der Waals surface area (Å²) in [6.45, 7) is 1.90. The molecule has 0 spiro atoms. The van der Waals surface area contributed by atoms with Crippen LogP contribution < -0.4 is 5.43 Å². The highest BCUT2D eigenvalue weighted by atomic mass is 16.3. The number of furan rings is 1. The number of hydrazone groups is 1. The molecule has 108 valence electrons. The van der Waals surface area contributed by atoms with Gasteiger partial charge in [-0.1, -0.05) is 30.3 Å². The van der Waals surface area contributed by atoms with Crippen LogP contribution >= 0.6 is 0 Å². The molecule has 0 atom stereocenters. The average molecular weight is 290 g/mol. The van der Waals surface area contributed by atoms with Gasteiger partial charge in [0.15, 0.2) is 5.76 Å². The van der Waals surface area contributed by atoms with Gasteiger partial charge in [0.25, 0.3) is 0 Å². The summed E-state index contributed by atoms with van der Waals surface area (Å²) in [7, 11) is 0. The number of nitrogens with one attached hydrogen (secondary N) is 2. The minimum absolute atomic E-state index is 0.608. The van der Waals surface area contributed by atoms with E-state index in [1.165, 1.54) is 0 Å². The molecule has 0 saturated carbocycles. The van der Waals surface area contributed by atoms with Gasteiger partial charge in [-0.2, -0.15) is 5.10 Å². The van der Waals surface area contributed by atoms with Crippen molar-refractivity contribution < 1.29 is 4.42 Å². The minimum Gasteiger partial charge on any atom is -0.455 e. The quantitative estimate of drug-likeness (QED) is 0.440. The molecule has 2 heterocycles. The zero-order chi connectivity index (χ0) is 14.9. The van der Waals surface area contributed by atoms with Gasteiger partial charge < -0.3 is 9.40 Å². The van der Waals surface area contributed by atoms with E-state index in [-0.39, 0.29) is 0 Å². The summed E-state index contributed by atoms with van der Waals surface area (Å²) >= 11 is 0. The summed E-state index contributed by atoms with van der Waals surface area (Å²) in [6.07, 6.45) is 0. The summed E-state index contributed by atoms with van der Waals surface area (Å²) in [4.78, 5) is 7.59. The van der Waals surface area contributed by atoms with E-state index < -0.39 is 0 Å². The van der Waals surface area contributed by atoms with Crippen molar-refractivity contribution in [3.8, 4) is 0 Å². The minimum atomic E-state index is 0.608. The van der Waals surface area contributed by atoms with Crippen molar-refractivity contribution in [1.82, 2.24) is 9.97 Å². The first kappa shape index (κ1) is 12.6. The largest absolute Gasteiger partial charge is 0.455 e. The fraction of sp³-hybridized carbons (Fsp3) is 0.0588. The Morgan fingerprint density at radius 1 is 1.14 bits per heavy atom. The Hall–Kier alpha value is -3.08. The van der Waals surface area contributed by atoms with Crippen LogP contribution in [0.3, 0.4) is 0 Å². The number of hydrogen-bond donors (Lipinski definition) is 2. The molecule has 5 nitrogen and oxygen atoms in total. The van der Waals surface area contributed by atoms with Gasteiger partial charge in [-0.05, 0) is 31.2 Å². The van der Waals surface area contributed by atoms with E-state index in [0.29, 0.717) is 5.95 Å². The second-order valence-electron chi connectivity index (χ2n) is 5.06. The van der Waals surface area contributed by atoms with Crippen LogP contribution in [0, 0.1) is 0 Å². The Morgan fingerprint density at radius 2 is 1.95 bits per heavy atom. The number of para-hydroxylation sites is 3. The van der Waals surface area contributed by atoms with E-state index in [9.17, 15) is 0 Å². The SMILES string of the molecule is C/C(=N\Nc1nc2ccccc2[nH]1)c1cc2ccccc2o1. The van der Waals surface area contributed by atoms with Crippen LogP contribution in [0.15, 0.2) is 64.1 Å². The smallest absolute Gasteiger partial charge is 0.222 e. The molecular weight excluding hydrogens is 276 g/mol. The van der Waals surface area contributed by atoms with Crippen LogP contribution in [0.25, 0.3) is 22.0 Å². The molecular formula is C17H14N4O. The Morgan fingerprint density at radius 3 is 2.82 bits per heavy atom. The van der Waals surface area contributed by atoms with Gasteiger partial charge in [0.05, 0.1) is 11.0 Å². The maximum atomic E-state index is 5.78. The van der Waals surface area contributed by atoms with Crippen molar-refractivity contribution in [2.24, 2.45) is 5.10 Å². The van der Waals surface area contributed by atoms with Gasteiger partial charge in [0.2, 0.25) is 5.95 Å². The molecule has 0 unspecified atom stereocenters. The lowest BCUT2D eigenvalue weighted by Gasteiger charge is -1.97. The first-order valence-electron chi connectivity index (χ1n) is 7.03. The van der Waals surface area contributed by atoms with Crippen molar-refractivity contribution in [2.45, 2.75) is 6.92 Å². The number of fused-ring (bicyclic) bond motifs is 2. The molecule has 0 fully saturated rings. The van der Waals surface area contributed by atoms with E-state index in [4.69, 9.17) is 4.42 Å². The zero-order valence-corrected chi connectivity index (χ0v) is 12.0. The molecule has 5 heteroatoms. The van der Waals surface area contributed by atoms with Crippen LogP contribution in [-0.4, -0.2) is 15.7 Å². The van der Waals surface area contributed by atoms with Crippen LogP contribution in [0.4, 0.5) is 5.95 Å². The van der Waals surface area contributed by atoms with Gasteiger partial charge in [-0.25, -0.2) is 10.4 Å². The lowest BCUT2D eigenvalue weighted by Crippen LogP contribution is -1.99. The van der Waals surface area contributed by atoms with E-state index in [1.807, 2.05) is 61.5 Å². The summed E-state index contributed by atoms with van der Waals surface area (Å²) in [6, 6.07) is 17.7. The number of nitrogens with zero attached hydrogens (tertiary/aromatic N) is 2. The number of benzene rings is 2.